The van der Waals surface area contributed by atoms with Crippen LogP contribution in [0.25, 0.3) is 0 Å². The van der Waals surface area contributed by atoms with Crippen molar-refractivity contribution in [3.05, 3.63) is 59.2 Å². The van der Waals surface area contributed by atoms with Gasteiger partial charge in [0.25, 0.3) is 0 Å². The van der Waals surface area contributed by atoms with E-state index >= 15 is 0 Å². The number of alkyl halides is 6. The SMILES string of the molecule is CCSc1cc(C(F)(F)F)ccc1F.CCSc1cc(C(F)(F)F)ccc1F. The molecular formula is C18H16F8S2. The second-order valence-electron chi connectivity index (χ2n) is 5.15. The van der Waals surface area contributed by atoms with Crippen molar-refractivity contribution in [1.82, 2.24) is 0 Å². The van der Waals surface area contributed by atoms with Crippen LogP contribution in [0.15, 0.2) is 46.2 Å². The molecule has 2 aromatic carbocycles. The summed E-state index contributed by atoms with van der Waals surface area (Å²) in [5.41, 5.74) is -1.62. The molecule has 2 rings (SSSR count). The van der Waals surface area contributed by atoms with E-state index in [0.29, 0.717) is 11.5 Å². The van der Waals surface area contributed by atoms with Crippen molar-refractivity contribution in [3.63, 3.8) is 0 Å². The van der Waals surface area contributed by atoms with Crippen LogP contribution in [0.1, 0.15) is 25.0 Å². The quantitative estimate of drug-likeness (QED) is 0.344. The normalized spacial score (nSPS) is 11.8. The molecule has 0 spiro atoms. The van der Waals surface area contributed by atoms with Gasteiger partial charge in [0.05, 0.1) is 11.1 Å². The number of thioether (sulfide) groups is 2. The van der Waals surface area contributed by atoms with E-state index in [1.165, 1.54) is 0 Å². The third kappa shape index (κ3) is 7.54. The molecule has 10 heteroatoms. The van der Waals surface area contributed by atoms with Gasteiger partial charge in [0.2, 0.25) is 0 Å². The Labute approximate surface area is 165 Å². The summed E-state index contributed by atoms with van der Waals surface area (Å²) >= 11 is 2.11. The van der Waals surface area contributed by atoms with Gasteiger partial charge in [-0.15, -0.1) is 23.5 Å². The Morgan fingerprint density at radius 2 is 0.964 bits per heavy atom. The predicted octanol–water partition coefficient (Wildman–Crippen LogP) is 7.91. The molecule has 0 unspecified atom stereocenters. The van der Waals surface area contributed by atoms with Crippen LogP contribution in [-0.2, 0) is 12.4 Å². The number of hydrogen-bond acceptors (Lipinski definition) is 2. The third-order valence-electron chi connectivity index (χ3n) is 3.12. The van der Waals surface area contributed by atoms with Crippen molar-refractivity contribution in [2.45, 2.75) is 36.0 Å². The molecule has 0 atom stereocenters. The molecule has 0 aromatic heterocycles. The molecule has 0 saturated carbocycles. The Morgan fingerprint density at radius 3 is 1.21 bits per heavy atom. The first-order valence-electron chi connectivity index (χ1n) is 7.89. The zero-order valence-electron chi connectivity index (χ0n) is 14.7. The van der Waals surface area contributed by atoms with Crippen LogP contribution < -0.4 is 0 Å². The highest BCUT2D eigenvalue weighted by molar-refractivity contribution is 7.99. The average molecular weight is 448 g/mol. The van der Waals surface area contributed by atoms with Crippen molar-refractivity contribution in [3.8, 4) is 0 Å². The maximum Gasteiger partial charge on any atom is 0.416 e. The zero-order valence-corrected chi connectivity index (χ0v) is 16.4. The lowest BCUT2D eigenvalue weighted by Crippen LogP contribution is -2.05. The molecule has 0 heterocycles. The van der Waals surface area contributed by atoms with Crippen molar-refractivity contribution in [1.29, 1.82) is 0 Å². The van der Waals surface area contributed by atoms with Crippen LogP contribution in [0.3, 0.4) is 0 Å². The summed E-state index contributed by atoms with van der Waals surface area (Å²) < 4.78 is 99.2. The third-order valence-corrected chi connectivity index (χ3v) is 4.94. The predicted molar refractivity (Wildman–Crippen MR) is 95.6 cm³/mol. The van der Waals surface area contributed by atoms with Crippen molar-refractivity contribution < 1.29 is 35.1 Å². The minimum atomic E-state index is -4.41. The summed E-state index contributed by atoms with van der Waals surface area (Å²) in [6.07, 6.45) is -8.81. The fourth-order valence-electron chi connectivity index (χ4n) is 1.89. The fourth-order valence-corrected chi connectivity index (χ4v) is 3.35. The molecule has 28 heavy (non-hydrogen) atoms. The van der Waals surface area contributed by atoms with E-state index in [4.69, 9.17) is 0 Å². The fraction of sp³-hybridized carbons (Fsp3) is 0.333. The highest BCUT2D eigenvalue weighted by atomic mass is 32.2. The molecule has 0 N–H and O–H groups in total. The minimum absolute atomic E-state index is 0.0438. The molecule has 0 aliphatic rings. The van der Waals surface area contributed by atoms with Crippen LogP contribution in [0.5, 0.6) is 0 Å². The van der Waals surface area contributed by atoms with Crippen LogP contribution in [-0.4, -0.2) is 11.5 Å². The summed E-state index contributed by atoms with van der Waals surface area (Å²) in [6, 6.07) is 4.86. The molecule has 0 fully saturated rings. The molecule has 0 amide bonds. The number of hydrogen-bond donors (Lipinski definition) is 0. The zero-order chi connectivity index (χ0) is 21.5. The number of halogens is 8. The van der Waals surface area contributed by atoms with Gasteiger partial charge >= 0.3 is 12.4 Å². The van der Waals surface area contributed by atoms with Crippen molar-refractivity contribution in [2.75, 3.05) is 11.5 Å². The van der Waals surface area contributed by atoms with Gasteiger partial charge in [-0.1, -0.05) is 13.8 Å². The smallest absolute Gasteiger partial charge is 0.206 e. The monoisotopic (exact) mass is 448 g/mol. The summed E-state index contributed by atoms with van der Waals surface area (Å²) in [6.45, 7) is 3.51. The Balaban J connectivity index is 0.000000280. The topological polar surface area (TPSA) is 0 Å². The molecule has 0 aliphatic heterocycles. The van der Waals surface area contributed by atoms with Crippen LogP contribution in [0, 0.1) is 11.6 Å². The molecule has 0 bridgehead atoms. The highest BCUT2D eigenvalue weighted by Gasteiger charge is 2.31. The van der Waals surface area contributed by atoms with Gasteiger partial charge in [0, 0.05) is 9.79 Å². The summed E-state index contributed by atoms with van der Waals surface area (Å²) in [5.74, 6) is -0.133. The van der Waals surface area contributed by atoms with Gasteiger partial charge in [-0.05, 0) is 47.9 Å². The molecule has 2 aromatic rings. The van der Waals surface area contributed by atoms with E-state index in [1.54, 1.807) is 13.8 Å². The van der Waals surface area contributed by atoms with E-state index in [1.807, 2.05) is 0 Å². The van der Waals surface area contributed by atoms with E-state index in [0.717, 1.165) is 59.9 Å². The standard InChI is InChI=1S/2C9H8F4S/c2*1-2-14-8-5-6(9(11,12)13)3-4-7(8)10/h2*3-5H,2H2,1H3. The maximum atomic E-state index is 13.0. The van der Waals surface area contributed by atoms with Gasteiger partial charge in [-0.25, -0.2) is 8.78 Å². The summed E-state index contributed by atoms with van der Waals surface area (Å²) in [5, 5.41) is 0. The lowest BCUT2D eigenvalue weighted by Gasteiger charge is -2.08. The Hall–Kier alpha value is -1.42. The summed E-state index contributed by atoms with van der Waals surface area (Å²) in [4.78, 5) is 0.0876. The lowest BCUT2D eigenvalue weighted by molar-refractivity contribution is -0.138. The minimum Gasteiger partial charge on any atom is -0.206 e. The van der Waals surface area contributed by atoms with E-state index in [2.05, 4.69) is 0 Å². The molecule has 0 aliphatic carbocycles. The summed E-state index contributed by atoms with van der Waals surface area (Å²) in [7, 11) is 0. The first kappa shape index (κ1) is 24.6. The van der Waals surface area contributed by atoms with Crippen LogP contribution in [0.4, 0.5) is 35.1 Å². The van der Waals surface area contributed by atoms with Gasteiger partial charge in [-0.3, -0.25) is 0 Å². The maximum absolute atomic E-state index is 13.0. The lowest BCUT2D eigenvalue weighted by atomic mass is 10.2. The average Bonchev–Trinajstić information content (AvgIpc) is 2.58. The molecule has 0 nitrogen and oxygen atoms in total. The Bertz CT molecular complexity index is 704. The van der Waals surface area contributed by atoms with Crippen molar-refractivity contribution >= 4 is 23.5 Å². The van der Waals surface area contributed by atoms with Gasteiger partial charge in [0.1, 0.15) is 11.6 Å². The van der Waals surface area contributed by atoms with E-state index < -0.39 is 35.1 Å². The van der Waals surface area contributed by atoms with Crippen molar-refractivity contribution in [2.24, 2.45) is 0 Å². The highest BCUT2D eigenvalue weighted by Crippen LogP contribution is 2.34. The number of rotatable bonds is 4. The molecule has 0 radical (unpaired) electrons. The van der Waals surface area contributed by atoms with Crippen LogP contribution >= 0.6 is 23.5 Å². The second kappa shape index (κ2) is 10.4. The first-order valence-corrected chi connectivity index (χ1v) is 9.86. The second-order valence-corrected chi connectivity index (χ2v) is 7.76. The molecular weight excluding hydrogens is 432 g/mol. The largest absolute Gasteiger partial charge is 0.416 e. The van der Waals surface area contributed by atoms with E-state index in [9.17, 15) is 35.1 Å². The van der Waals surface area contributed by atoms with Gasteiger partial charge in [-0.2, -0.15) is 26.3 Å². The molecule has 156 valence electrons. The van der Waals surface area contributed by atoms with Crippen LogP contribution in [0.2, 0.25) is 0 Å². The van der Waals surface area contributed by atoms with Gasteiger partial charge < -0.3 is 0 Å². The Kier molecular flexibility index (Phi) is 9.13. The first-order chi connectivity index (χ1) is 12.9. The van der Waals surface area contributed by atoms with E-state index in [-0.39, 0.29) is 9.79 Å². The van der Waals surface area contributed by atoms with Gasteiger partial charge in [0.15, 0.2) is 0 Å². The number of benzene rings is 2. The Morgan fingerprint density at radius 1 is 0.643 bits per heavy atom. The molecule has 0 saturated heterocycles.